The van der Waals surface area contributed by atoms with E-state index in [0.717, 1.165) is 17.0 Å². The van der Waals surface area contributed by atoms with Crippen molar-refractivity contribution in [3.8, 4) is 11.4 Å². The van der Waals surface area contributed by atoms with Gasteiger partial charge in [0.2, 0.25) is 0 Å². The van der Waals surface area contributed by atoms with Crippen LogP contribution in [0, 0.1) is 6.92 Å². The molecule has 0 atom stereocenters. The smallest absolute Gasteiger partial charge is 0.255 e. The Labute approximate surface area is 147 Å². The maximum absolute atomic E-state index is 12.8. The van der Waals surface area contributed by atoms with Gasteiger partial charge in [-0.15, -0.1) is 0 Å². The van der Waals surface area contributed by atoms with E-state index >= 15 is 0 Å². The number of aryl methyl sites for hydroxylation is 1. The number of para-hydroxylation sites is 2. The zero-order chi connectivity index (χ0) is 17.6. The van der Waals surface area contributed by atoms with Crippen LogP contribution in [0.5, 0.6) is 5.75 Å². The lowest BCUT2D eigenvalue weighted by Gasteiger charge is -2.19. The van der Waals surface area contributed by atoms with Gasteiger partial charge in [-0.05, 0) is 36.8 Å². The zero-order valence-electron chi connectivity index (χ0n) is 14.4. The van der Waals surface area contributed by atoms with E-state index in [4.69, 9.17) is 4.74 Å². The van der Waals surface area contributed by atoms with Crippen molar-refractivity contribution in [2.75, 3.05) is 20.2 Å². The molecule has 1 heterocycles. The third kappa shape index (κ3) is 3.88. The minimum absolute atomic E-state index is 0.0560. The van der Waals surface area contributed by atoms with Gasteiger partial charge in [0.05, 0.1) is 17.8 Å². The highest BCUT2D eigenvalue weighted by atomic mass is 16.5. The number of amides is 1. The number of rotatable bonds is 6. The monoisotopic (exact) mass is 335 g/mol. The molecule has 1 aromatic heterocycles. The summed E-state index contributed by atoms with van der Waals surface area (Å²) in [5, 5.41) is 4.22. The van der Waals surface area contributed by atoms with Gasteiger partial charge in [0.1, 0.15) is 12.4 Å². The SMILES string of the molecule is Cc1ccccc1OCCN(C)C(=O)c1ccccc1-n1cccn1. The van der Waals surface area contributed by atoms with Crippen molar-refractivity contribution >= 4 is 5.91 Å². The number of benzene rings is 2. The second-order valence-corrected chi connectivity index (χ2v) is 5.81. The van der Waals surface area contributed by atoms with Gasteiger partial charge in [-0.25, -0.2) is 4.68 Å². The Morgan fingerprint density at radius 2 is 1.88 bits per heavy atom. The highest BCUT2D eigenvalue weighted by Crippen LogP contribution is 2.17. The molecule has 0 aliphatic rings. The van der Waals surface area contributed by atoms with Crippen molar-refractivity contribution in [3.05, 3.63) is 78.1 Å². The lowest BCUT2D eigenvalue weighted by molar-refractivity contribution is 0.0773. The van der Waals surface area contributed by atoms with Gasteiger partial charge in [0, 0.05) is 19.4 Å². The van der Waals surface area contributed by atoms with E-state index in [-0.39, 0.29) is 5.91 Å². The summed E-state index contributed by atoms with van der Waals surface area (Å²) >= 11 is 0. The van der Waals surface area contributed by atoms with Gasteiger partial charge in [-0.2, -0.15) is 5.10 Å². The van der Waals surface area contributed by atoms with Crippen molar-refractivity contribution in [3.63, 3.8) is 0 Å². The lowest BCUT2D eigenvalue weighted by Crippen LogP contribution is -2.31. The van der Waals surface area contributed by atoms with Crippen molar-refractivity contribution in [2.45, 2.75) is 6.92 Å². The summed E-state index contributed by atoms with van der Waals surface area (Å²) in [4.78, 5) is 14.5. The third-order valence-corrected chi connectivity index (χ3v) is 4.01. The van der Waals surface area contributed by atoms with Crippen LogP contribution in [0.4, 0.5) is 0 Å². The van der Waals surface area contributed by atoms with E-state index in [1.54, 1.807) is 22.8 Å². The van der Waals surface area contributed by atoms with Crippen LogP contribution >= 0.6 is 0 Å². The predicted octanol–water partition coefficient (Wildman–Crippen LogP) is 3.33. The molecule has 3 rings (SSSR count). The largest absolute Gasteiger partial charge is 0.491 e. The standard InChI is InChI=1S/C20H21N3O2/c1-16-8-3-6-11-19(16)25-15-14-22(2)20(24)17-9-4-5-10-18(17)23-13-7-12-21-23/h3-13H,14-15H2,1-2H3. The molecule has 0 spiro atoms. The molecule has 0 aliphatic heterocycles. The Morgan fingerprint density at radius 3 is 2.64 bits per heavy atom. The van der Waals surface area contributed by atoms with Crippen LogP contribution in [-0.4, -0.2) is 40.8 Å². The molecular weight excluding hydrogens is 314 g/mol. The summed E-state index contributed by atoms with van der Waals surface area (Å²) in [5.41, 5.74) is 2.47. The van der Waals surface area contributed by atoms with E-state index in [1.807, 2.05) is 67.7 Å². The van der Waals surface area contributed by atoms with Gasteiger partial charge >= 0.3 is 0 Å². The lowest BCUT2D eigenvalue weighted by atomic mass is 10.1. The first-order valence-corrected chi connectivity index (χ1v) is 8.20. The highest BCUT2D eigenvalue weighted by molar-refractivity contribution is 5.97. The normalized spacial score (nSPS) is 10.5. The average Bonchev–Trinajstić information content (AvgIpc) is 3.17. The van der Waals surface area contributed by atoms with Crippen LogP contribution in [0.1, 0.15) is 15.9 Å². The number of carbonyl (C=O) groups is 1. The first kappa shape index (κ1) is 16.8. The quantitative estimate of drug-likeness (QED) is 0.694. The molecule has 0 bridgehead atoms. The fourth-order valence-corrected chi connectivity index (χ4v) is 2.58. The molecule has 25 heavy (non-hydrogen) atoms. The molecule has 0 fully saturated rings. The van der Waals surface area contributed by atoms with Crippen molar-refractivity contribution in [2.24, 2.45) is 0 Å². The van der Waals surface area contributed by atoms with E-state index in [1.165, 1.54) is 0 Å². The van der Waals surface area contributed by atoms with Crippen LogP contribution in [-0.2, 0) is 0 Å². The molecular formula is C20H21N3O2. The molecule has 2 aromatic carbocycles. The van der Waals surface area contributed by atoms with Crippen LogP contribution in [0.2, 0.25) is 0 Å². The minimum Gasteiger partial charge on any atom is -0.491 e. The van der Waals surface area contributed by atoms with Crippen LogP contribution in [0.3, 0.4) is 0 Å². The van der Waals surface area contributed by atoms with Crippen LogP contribution in [0.25, 0.3) is 5.69 Å². The number of carbonyl (C=O) groups excluding carboxylic acids is 1. The maximum atomic E-state index is 12.8. The second kappa shape index (κ2) is 7.66. The molecule has 5 nitrogen and oxygen atoms in total. The zero-order valence-corrected chi connectivity index (χ0v) is 14.4. The van der Waals surface area contributed by atoms with E-state index in [9.17, 15) is 4.79 Å². The van der Waals surface area contributed by atoms with Gasteiger partial charge in [-0.1, -0.05) is 30.3 Å². The molecule has 5 heteroatoms. The number of hydrogen-bond donors (Lipinski definition) is 0. The number of nitrogens with zero attached hydrogens (tertiary/aromatic N) is 3. The number of hydrogen-bond acceptors (Lipinski definition) is 3. The average molecular weight is 335 g/mol. The molecule has 0 unspecified atom stereocenters. The van der Waals surface area contributed by atoms with E-state index < -0.39 is 0 Å². The Morgan fingerprint density at radius 1 is 1.12 bits per heavy atom. The number of likely N-dealkylation sites (N-methyl/N-ethyl adjacent to an activating group) is 1. The minimum atomic E-state index is -0.0560. The number of ether oxygens (including phenoxy) is 1. The number of aromatic nitrogens is 2. The topological polar surface area (TPSA) is 47.4 Å². The summed E-state index contributed by atoms with van der Waals surface area (Å²) in [6.45, 7) is 2.95. The first-order chi connectivity index (χ1) is 12.2. The molecule has 0 radical (unpaired) electrons. The molecule has 0 N–H and O–H groups in total. The highest BCUT2D eigenvalue weighted by Gasteiger charge is 2.16. The van der Waals surface area contributed by atoms with Gasteiger partial charge in [0.25, 0.3) is 5.91 Å². The molecule has 0 saturated carbocycles. The molecule has 3 aromatic rings. The molecule has 1 amide bonds. The summed E-state index contributed by atoms with van der Waals surface area (Å²) < 4.78 is 7.48. The van der Waals surface area contributed by atoms with E-state index in [0.29, 0.717) is 18.7 Å². The summed E-state index contributed by atoms with van der Waals surface area (Å²) in [7, 11) is 1.78. The Hall–Kier alpha value is -3.08. The summed E-state index contributed by atoms with van der Waals surface area (Å²) in [5.74, 6) is 0.791. The fraction of sp³-hybridized carbons (Fsp3) is 0.200. The third-order valence-electron chi connectivity index (χ3n) is 4.01. The van der Waals surface area contributed by atoms with Crippen molar-refractivity contribution in [1.29, 1.82) is 0 Å². The van der Waals surface area contributed by atoms with Gasteiger partial charge in [-0.3, -0.25) is 4.79 Å². The van der Waals surface area contributed by atoms with Gasteiger partial charge < -0.3 is 9.64 Å². The second-order valence-electron chi connectivity index (χ2n) is 5.81. The van der Waals surface area contributed by atoms with E-state index in [2.05, 4.69) is 5.10 Å². The Bertz CT molecular complexity index is 844. The van der Waals surface area contributed by atoms with Crippen LogP contribution < -0.4 is 4.74 Å². The first-order valence-electron chi connectivity index (χ1n) is 8.20. The molecule has 0 aliphatic carbocycles. The van der Waals surface area contributed by atoms with Gasteiger partial charge in [0.15, 0.2) is 0 Å². The van der Waals surface area contributed by atoms with Crippen LogP contribution in [0.15, 0.2) is 67.0 Å². The molecule has 128 valence electrons. The Balaban J connectivity index is 1.66. The van der Waals surface area contributed by atoms with Crippen molar-refractivity contribution in [1.82, 2.24) is 14.7 Å². The van der Waals surface area contributed by atoms with Crippen molar-refractivity contribution < 1.29 is 9.53 Å². The fourth-order valence-electron chi connectivity index (χ4n) is 2.58. The maximum Gasteiger partial charge on any atom is 0.255 e. The Kier molecular flexibility index (Phi) is 5.14. The summed E-state index contributed by atoms with van der Waals surface area (Å²) in [6, 6.07) is 17.2. The molecule has 0 saturated heterocycles. The predicted molar refractivity (Wildman–Crippen MR) is 97.2 cm³/mol. The summed E-state index contributed by atoms with van der Waals surface area (Å²) in [6.07, 6.45) is 3.52.